The fraction of sp³-hybridized carbons (Fsp3) is 0. The Morgan fingerprint density at radius 3 is 3.09 bits per heavy atom. The monoisotopic (exact) mass is 213 g/mol. The lowest BCUT2D eigenvalue weighted by atomic mass is 10.3. The number of hydrogen-bond donors (Lipinski definition) is 1. The smallest absolute Gasteiger partial charge is 0.338 e. The molecule has 0 saturated carbocycles. The Morgan fingerprint density at radius 2 is 2.27 bits per heavy atom. The van der Waals surface area contributed by atoms with Crippen molar-refractivity contribution in [2.45, 2.75) is 0 Å². The normalized spacial score (nSPS) is 10.6. The van der Waals surface area contributed by atoms with Gasteiger partial charge in [-0.25, -0.2) is 9.95 Å². The lowest BCUT2D eigenvalue weighted by molar-refractivity contribution is 0.400. The molecular formula is C7H4BrNO2. The summed E-state index contributed by atoms with van der Waals surface area (Å²) in [5.74, 6) is 0. The highest BCUT2D eigenvalue weighted by Gasteiger charge is 2.01. The van der Waals surface area contributed by atoms with Crippen LogP contribution in [0.1, 0.15) is 0 Å². The van der Waals surface area contributed by atoms with E-state index in [9.17, 15) is 4.79 Å². The minimum absolute atomic E-state index is 0.332. The predicted octanol–water partition coefficient (Wildman–Crippen LogP) is 1.88. The van der Waals surface area contributed by atoms with E-state index in [1.807, 2.05) is 6.07 Å². The summed E-state index contributed by atoms with van der Waals surface area (Å²) >= 11 is 3.26. The molecule has 0 aliphatic heterocycles. The van der Waals surface area contributed by atoms with Crippen LogP contribution in [0.2, 0.25) is 0 Å². The molecule has 0 aliphatic carbocycles. The maximum absolute atomic E-state index is 10.9. The number of nitrogens with one attached hydrogen (secondary N) is 1. The Hall–Kier alpha value is -1.03. The average molecular weight is 214 g/mol. The summed E-state index contributed by atoms with van der Waals surface area (Å²) < 4.78 is 5.44. The zero-order valence-electron chi connectivity index (χ0n) is 5.43. The van der Waals surface area contributed by atoms with Crippen LogP contribution in [0.3, 0.4) is 0 Å². The van der Waals surface area contributed by atoms with E-state index in [1.54, 1.807) is 12.1 Å². The molecule has 11 heavy (non-hydrogen) atoms. The van der Waals surface area contributed by atoms with Crippen LogP contribution in [0, 0.1) is 0 Å². The largest absolute Gasteiger partial charge is 0.365 e. The third kappa shape index (κ3) is 0.991. The molecule has 0 radical (unpaired) electrons. The van der Waals surface area contributed by atoms with Crippen LogP contribution in [-0.4, -0.2) is 5.16 Å². The molecule has 2 rings (SSSR count). The Morgan fingerprint density at radius 1 is 1.45 bits per heavy atom. The summed E-state index contributed by atoms with van der Waals surface area (Å²) in [5, 5.41) is 3.08. The van der Waals surface area contributed by atoms with Crippen LogP contribution < -0.4 is 5.63 Å². The molecule has 1 N–H and O–H groups in total. The lowest BCUT2D eigenvalue weighted by Crippen LogP contribution is -1.89. The number of halogens is 1. The van der Waals surface area contributed by atoms with E-state index in [-0.39, 0.29) is 5.63 Å². The van der Waals surface area contributed by atoms with Gasteiger partial charge in [-0.2, -0.15) is 0 Å². The Labute approximate surface area is 70.1 Å². The van der Waals surface area contributed by atoms with Crippen molar-refractivity contribution >= 4 is 26.8 Å². The third-order valence-electron chi connectivity index (χ3n) is 1.46. The van der Waals surface area contributed by atoms with Gasteiger partial charge in [0, 0.05) is 4.47 Å². The van der Waals surface area contributed by atoms with Gasteiger partial charge in [-0.05, 0) is 18.2 Å². The van der Waals surface area contributed by atoms with Gasteiger partial charge in [0.05, 0.1) is 10.9 Å². The number of hydrogen-bond acceptors (Lipinski definition) is 2. The zero-order chi connectivity index (χ0) is 7.84. The van der Waals surface area contributed by atoms with Crippen LogP contribution in [-0.2, 0) is 0 Å². The molecule has 2 aromatic rings. The molecule has 0 amide bonds. The van der Waals surface area contributed by atoms with Crippen LogP contribution in [0.25, 0.3) is 10.9 Å². The highest BCUT2D eigenvalue weighted by atomic mass is 79.9. The number of H-pyrrole nitrogens is 1. The first-order chi connectivity index (χ1) is 5.27. The maximum Gasteiger partial charge on any atom is 0.365 e. The molecule has 0 saturated heterocycles. The zero-order valence-corrected chi connectivity index (χ0v) is 7.01. The molecule has 4 heteroatoms. The average Bonchev–Trinajstić information content (AvgIpc) is 2.33. The fourth-order valence-corrected chi connectivity index (χ4v) is 1.29. The molecule has 0 fully saturated rings. The number of rotatable bonds is 0. The first kappa shape index (κ1) is 6.67. The number of aromatic amines is 1. The van der Waals surface area contributed by atoms with E-state index >= 15 is 0 Å². The van der Waals surface area contributed by atoms with E-state index in [4.69, 9.17) is 0 Å². The van der Waals surface area contributed by atoms with E-state index in [0.717, 1.165) is 9.99 Å². The summed E-state index contributed by atoms with van der Waals surface area (Å²) in [6.45, 7) is 0. The second-order valence-electron chi connectivity index (χ2n) is 2.18. The molecule has 0 spiro atoms. The van der Waals surface area contributed by atoms with Crippen molar-refractivity contribution in [1.82, 2.24) is 5.16 Å². The standard InChI is InChI=1S/C7H4BrNO2/c8-4-1-2-6-5(3-4)7(10)11-9-6/h1-3,9H. The molecule has 0 aliphatic rings. The van der Waals surface area contributed by atoms with Crippen molar-refractivity contribution < 1.29 is 4.52 Å². The first-order valence-electron chi connectivity index (χ1n) is 3.04. The van der Waals surface area contributed by atoms with Crippen LogP contribution in [0.5, 0.6) is 0 Å². The van der Waals surface area contributed by atoms with Crippen LogP contribution in [0.4, 0.5) is 0 Å². The van der Waals surface area contributed by atoms with Crippen molar-refractivity contribution in [3.05, 3.63) is 33.1 Å². The topological polar surface area (TPSA) is 46.0 Å². The number of fused-ring (bicyclic) bond motifs is 1. The molecule has 1 aromatic carbocycles. The summed E-state index contributed by atoms with van der Waals surface area (Å²) in [5.41, 5.74) is 0.388. The van der Waals surface area contributed by atoms with Gasteiger partial charge in [0.2, 0.25) is 0 Å². The van der Waals surface area contributed by atoms with E-state index in [2.05, 4.69) is 25.6 Å². The Balaban J connectivity index is 2.99. The second kappa shape index (κ2) is 2.23. The molecule has 0 bridgehead atoms. The molecular weight excluding hydrogens is 210 g/mol. The van der Waals surface area contributed by atoms with Gasteiger partial charge in [-0.3, -0.25) is 0 Å². The third-order valence-corrected chi connectivity index (χ3v) is 1.95. The Kier molecular flexibility index (Phi) is 1.35. The quantitative estimate of drug-likeness (QED) is 0.727. The minimum Gasteiger partial charge on any atom is -0.338 e. The second-order valence-corrected chi connectivity index (χ2v) is 3.10. The van der Waals surface area contributed by atoms with Crippen molar-refractivity contribution in [3.63, 3.8) is 0 Å². The van der Waals surface area contributed by atoms with Crippen LogP contribution in [0.15, 0.2) is 32.0 Å². The summed E-state index contributed by atoms with van der Waals surface area (Å²) in [4.78, 5) is 10.9. The van der Waals surface area contributed by atoms with Crippen molar-refractivity contribution in [3.8, 4) is 0 Å². The van der Waals surface area contributed by atoms with Gasteiger partial charge in [0.15, 0.2) is 0 Å². The van der Waals surface area contributed by atoms with E-state index in [0.29, 0.717) is 5.39 Å². The molecule has 0 atom stereocenters. The van der Waals surface area contributed by atoms with Gasteiger partial charge >= 0.3 is 5.63 Å². The lowest BCUT2D eigenvalue weighted by Gasteiger charge is -1.85. The van der Waals surface area contributed by atoms with E-state index < -0.39 is 0 Å². The summed E-state index contributed by atoms with van der Waals surface area (Å²) in [7, 11) is 0. The first-order valence-corrected chi connectivity index (χ1v) is 3.83. The van der Waals surface area contributed by atoms with Gasteiger partial charge in [0.25, 0.3) is 0 Å². The van der Waals surface area contributed by atoms with Crippen molar-refractivity contribution in [2.24, 2.45) is 0 Å². The number of aromatic nitrogens is 1. The van der Waals surface area contributed by atoms with Gasteiger partial charge in [-0.15, -0.1) is 0 Å². The highest BCUT2D eigenvalue weighted by Crippen LogP contribution is 2.14. The molecule has 56 valence electrons. The van der Waals surface area contributed by atoms with Gasteiger partial charge in [0.1, 0.15) is 0 Å². The van der Waals surface area contributed by atoms with Crippen molar-refractivity contribution in [2.75, 3.05) is 0 Å². The maximum atomic E-state index is 10.9. The molecule has 3 nitrogen and oxygen atoms in total. The van der Waals surface area contributed by atoms with Crippen LogP contribution >= 0.6 is 15.9 Å². The fourth-order valence-electron chi connectivity index (χ4n) is 0.931. The molecule has 1 aromatic heterocycles. The molecule has 0 unspecified atom stereocenters. The van der Waals surface area contributed by atoms with Gasteiger partial charge in [-0.1, -0.05) is 15.9 Å². The summed E-state index contributed by atoms with van der Waals surface area (Å²) in [6, 6.07) is 5.34. The highest BCUT2D eigenvalue weighted by molar-refractivity contribution is 9.10. The number of benzene rings is 1. The van der Waals surface area contributed by atoms with Gasteiger partial charge < -0.3 is 4.52 Å². The minimum atomic E-state index is -0.332. The SMILES string of the molecule is O=c1o[nH]c2ccc(Br)cc12. The molecule has 1 heterocycles. The van der Waals surface area contributed by atoms with Crippen molar-refractivity contribution in [1.29, 1.82) is 0 Å². The predicted molar refractivity (Wildman–Crippen MR) is 44.5 cm³/mol. The summed E-state index contributed by atoms with van der Waals surface area (Å²) in [6.07, 6.45) is 0. The Bertz CT molecular complexity index is 443. The van der Waals surface area contributed by atoms with E-state index in [1.165, 1.54) is 0 Å².